The van der Waals surface area contributed by atoms with Crippen molar-refractivity contribution in [3.63, 3.8) is 0 Å². The Kier molecular flexibility index (Phi) is 4.39. The molecule has 1 rings (SSSR count). The Labute approximate surface area is 87.7 Å². The summed E-state index contributed by atoms with van der Waals surface area (Å²) >= 11 is 0. The molecule has 0 saturated heterocycles. The maximum Gasteiger partial charge on any atom is 0.0917 e. The minimum atomic E-state index is -0.229. The van der Waals surface area contributed by atoms with E-state index in [2.05, 4.69) is 20.8 Å². The Morgan fingerprint density at radius 1 is 1.29 bits per heavy atom. The van der Waals surface area contributed by atoms with Crippen molar-refractivity contribution in [2.75, 3.05) is 13.2 Å². The predicted molar refractivity (Wildman–Crippen MR) is 58.2 cm³/mol. The van der Waals surface area contributed by atoms with Gasteiger partial charge >= 0.3 is 0 Å². The van der Waals surface area contributed by atoms with Gasteiger partial charge in [-0.25, -0.2) is 0 Å². The van der Waals surface area contributed by atoms with Gasteiger partial charge in [-0.05, 0) is 37.5 Å². The Morgan fingerprint density at radius 3 is 2.29 bits per heavy atom. The molecule has 1 saturated carbocycles. The molecule has 1 N–H and O–H groups in total. The number of aliphatic hydroxyl groups excluding tert-OH is 1. The number of aliphatic hydroxyl groups is 1. The van der Waals surface area contributed by atoms with Crippen LogP contribution in [0.3, 0.4) is 0 Å². The second-order valence-corrected chi connectivity index (χ2v) is 5.04. The maximum atomic E-state index is 9.48. The molecule has 0 aliphatic heterocycles. The van der Waals surface area contributed by atoms with E-state index in [0.717, 1.165) is 25.9 Å². The van der Waals surface area contributed by atoms with Crippen LogP contribution in [0.2, 0.25) is 0 Å². The van der Waals surface area contributed by atoms with Gasteiger partial charge in [0.2, 0.25) is 0 Å². The Hall–Kier alpha value is -0.0800. The van der Waals surface area contributed by atoms with Gasteiger partial charge in [0.15, 0.2) is 0 Å². The molecular formula is C12H24O2. The lowest BCUT2D eigenvalue weighted by molar-refractivity contribution is -0.120. The number of hydrogen-bond acceptors (Lipinski definition) is 2. The topological polar surface area (TPSA) is 29.5 Å². The summed E-state index contributed by atoms with van der Waals surface area (Å²) in [5, 5.41) is 9.48. The predicted octanol–water partition coefficient (Wildman–Crippen LogP) is 2.60. The molecule has 2 nitrogen and oxygen atoms in total. The van der Waals surface area contributed by atoms with Crippen LogP contribution in [-0.4, -0.2) is 23.9 Å². The standard InChI is InChI=1S/C12H24O2/c1-4-5-14-12(9-13)7-10(2)6-11(3)8-12/h10-11,13H,4-9H2,1-3H3. The Balaban J connectivity index is 2.57. The highest BCUT2D eigenvalue weighted by molar-refractivity contribution is 4.89. The lowest BCUT2D eigenvalue weighted by Crippen LogP contribution is -2.44. The van der Waals surface area contributed by atoms with Gasteiger partial charge in [-0.15, -0.1) is 0 Å². The molecule has 0 aromatic rings. The molecular weight excluding hydrogens is 176 g/mol. The first-order valence-electron chi connectivity index (χ1n) is 5.86. The summed E-state index contributed by atoms with van der Waals surface area (Å²) in [5.74, 6) is 1.37. The third-order valence-corrected chi connectivity index (χ3v) is 3.15. The first kappa shape index (κ1) is 12.0. The minimum Gasteiger partial charge on any atom is -0.393 e. The van der Waals surface area contributed by atoms with Gasteiger partial charge in [0, 0.05) is 6.61 Å². The average Bonchev–Trinajstić information content (AvgIpc) is 2.13. The monoisotopic (exact) mass is 200 g/mol. The summed E-state index contributed by atoms with van der Waals surface area (Å²) in [4.78, 5) is 0. The molecule has 14 heavy (non-hydrogen) atoms. The van der Waals surface area contributed by atoms with Crippen LogP contribution in [0.1, 0.15) is 46.5 Å². The van der Waals surface area contributed by atoms with Crippen molar-refractivity contribution < 1.29 is 9.84 Å². The number of hydrogen-bond donors (Lipinski definition) is 1. The van der Waals surface area contributed by atoms with Crippen molar-refractivity contribution in [1.82, 2.24) is 0 Å². The summed E-state index contributed by atoms with van der Waals surface area (Å²) in [7, 11) is 0. The van der Waals surface area contributed by atoms with Gasteiger partial charge in [0.05, 0.1) is 12.2 Å². The van der Waals surface area contributed by atoms with E-state index in [-0.39, 0.29) is 12.2 Å². The molecule has 2 heteroatoms. The maximum absolute atomic E-state index is 9.48. The summed E-state index contributed by atoms with van der Waals surface area (Å²) in [6.45, 7) is 7.59. The number of rotatable bonds is 4. The molecule has 0 radical (unpaired) electrons. The van der Waals surface area contributed by atoms with Crippen molar-refractivity contribution >= 4 is 0 Å². The van der Waals surface area contributed by atoms with Crippen LogP contribution in [0.5, 0.6) is 0 Å². The van der Waals surface area contributed by atoms with E-state index in [1.165, 1.54) is 6.42 Å². The number of ether oxygens (including phenoxy) is 1. The highest BCUT2D eigenvalue weighted by Crippen LogP contribution is 2.38. The fourth-order valence-electron chi connectivity index (χ4n) is 2.82. The summed E-state index contributed by atoms with van der Waals surface area (Å²) < 4.78 is 5.86. The van der Waals surface area contributed by atoms with Crippen molar-refractivity contribution in [2.45, 2.75) is 52.1 Å². The van der Waals surface area contributed by atoms with E-state index in [4.69, 9.17) is 4.74 Å². The van der Waals surface area contributed by atoms with Gasteiger partial charge in [0.1, 0.15) is 0 Å². The normalized spacial score (nSPS) is 38.6. The highest BCUT2D eigenvalue weighted by atomic mass is 16.5. The van der Waals surface area contributed by atoms with E-state index in [1.54, 1.807) is 0 Å². The van der Waals surface area contributed by atoms with Crippen LogP contribution >= 0.6 is 0 Å². The molecule has 1 aliphatic carbocycles. The first-order valence-corrected chi connectivity index (χ1v) is 5.86. The molecule has 0 amide bonds. The molecule has 0 spiro atoms. The van der Waals surface area contributed by atoms with Gasteiger partial charge in [-0.3, -0.25) is 0 Å². The minimum absolute atomic E-state index is 0.182. The van der Waals surface area contributed by atoms with Crippen LogP contribution in [0.25, 0.3) is 0 Å². The zero-order valence-electron chi connectivity index (χ0n) is 9.75. The summed E-state index contributed by atoms with van der Waals surface area (Å²) in [6.07, 6.45) is 4.35. The van der Waals surface area contributed by atoms with E-state index < -0.39 is 0 Å². The van der Waals surface area contributed by atoms with Crippen LogP contribution < -0.4 is 0 Å². The molecule has 2 unspecified atom stereocenters. The third-order valence-electron chi connectivity index (χ3n) is 3.15. The molecule has 1 aliphatic rings. The molecule has 0 bridgehead atoms. The van der Waals surface area contributed by atoms with E-state index in [9.17, 15) is 5.11 Å². The van der Waals surface area contributed by atoms with Crippen molar-refractivity contribution in [1.29, 1.82) is 0 Å². The first-order chi connectivity index (χ1) is 6.62. The molecule has 2 atom stereocenters. The lowest BCUT2D eigenvalue weighted by Gasteiger charge is -2.41. The quantitative estimate of drug-likeness (QED) is 0.756. The smallest absolute Gasteiger partial charge is 0.0917 e. The van der Waals surface area contributed by atoms with Crippen molar-refractivity contribution in [3.8, 4) is 0 Å². The largest absolute Gasteiger partial charge is 0.393 e. The van der Waals surface area contributed by atoms with Crippen LogP contribution in [0.4, 0.5) is 0 Å². The second kappa shape index (κ2) is 5.13. The van der Waals surface area contributed by atoms with E-state index in [0.29, 0.717) is 11.8 Å². The second-order valence-electron chi connectivity index (χ2n) is 5.04. The van der Waals surface area contributed by atoms with Gasteiger partial charge in [-0.2, -0.15) is 0 Å². The zero-order chi connectivity index (χ0) is 10.6. The molecule has 1 fully saturated rings. The Bertz CT molecular complexity index is 158. The van der Waals surface area contributed by atoms with Crippen LogP contribution in [-0.2, 0) is 4.74 Å². The van der Waals surface area contributed by atoms with Crippen LogP contribution in [0.15, 0.2) is 0 Å². The molecule has 0 heterocycles. The molecule has 0 aromatic carbocycles. The fourth-order valence-corrected chi connectivity index (χ4v) is 2.82. The van der Waals surface area contributed by atoms with E-state index >= 15 is 0 Å². The molecule has 0 aromatic heterocycles. The fraction of sp³-hybridized carbons (Fsp3) is 1.00. The lowest BCUT2D eigenvalue weighted by atomic mass is 9.74. The van der Waals surface area contributed by atoms with Crippen molar-refractivity contribution in [2.24, 2.45) is 11.8 Å². The van der Waals surface area contributed by atoms with E-state index in [1.807, 2.05) is 0 Å². The van der Waals surface area contributed by atoms with Gasteiger partial charge in [-0.1, -0.05) is 20.8 Å². The Morgan fingerprint density at radius 2 is 1.86 bits per heavy atom. The van der Waals surface area contributed by atoms with Crippen molar-refractivity contribution in [3.05, 3.63) is 0 Å². The third kappa shape index (κ3) is 2.96. The zero-order valence-corrected chi connectivity index (χ0v) is 9.75. The van der Waals surface area contributed by atoms with Gasteiger partial charge < -0.3 is 9.84 Å². The summed E-state index contributed by atoms with van der Waals surface area (Å²) in [5.41, 5.74) is -0.229. The summed E-state index contributed by atoms with van der Waals surface area (Å²) in [6, 6.07) is 0. The van der Waals surface area contributed by atoms with Crippen LogP contribution in [0, 0.1) is 11.8 Å². The SMILES string of the molecule is CCCOC1(CO)CC(C)CC(C)C1. The molecule has 84 valence electrons. The average molecular weight is 200 g/mol. The highest BCUT2D eigenvalue weighted by Gasteiger charge is 2.38. The van der Waals surface area contributed by atoms with Gasteiger partial charge in [0.25, 0.3) is 0 Å².